The van der Waals surface area contributed by atoms with Crippen molar-refractivity contribution in [2.24, 2.45) is 28.1 Å². The van der Waals surface area contributed by atoms with Gasteiger partial charge in [-0.3, -0.25) is 4.79 Å². The van der Waals surface area contributed by atoms with E-state index in [0.29, 0.717) is 18.4 Å². The van der Waals surface area contributed by atoms with Crippen LogP contribution in [0.4, 0.5) is 5.00 Å². The monoisotopic (exact) mass is 568 g/mol. The van der Waals surface area contributed by atoms with E-state index in [1.54, 1.807) is 5.38 Å². The van der Waals surface area contributed by atoms with Gasteiger partial charge >= 0.3 is 0 Å². The van der Waals surface area contributed by atoms with E-state index < -0.39 is 20.0 Å². The Morgan fingerprint density at radius 2 is 1.92 bits per heavy atom. The van der Waals surface area contributed by atoms with Crippen LogP contribution in [0.1, 0.15) is 56.9 Å². The fourth-order valence-corrected chi connectivity index (χ4v) is 10.2. The van der Waals surface area contributed by atoms with E-state index >= 15 is 0 Å². The number of nitrogens with zero attached hydrogens (tertiary/aromatic N) is 2. The Labute approximate surface area is 221 Å². The summed E-state index contributed by atoms with van der Waals surface area (Å²) in [6.45, 7) is 0.441. The lowest BCUT2D eigenvalue weighted by molar-refractivity contribution is -0.134. The van der Waals surface area contributed by atoms with E-state index in [1.807, 2.05) is 4.90 Å². The zero-order valence-electron chi connectivity index (χ0n) is 20.6. The molecule has 0 unspecified atom stereocenters. The Morgan fingerprint density at radius 3 is 2.65 bits per heavy atom. The van der Waals surface area contributed by atoms with Gasteiger partial charge in [-0.15, -0.1) is 15.7 Å². The van der Waals surface area contributed by atoms with Crippen LogP contribution in [0, 0.1) is 23.7 Å². The highest BCUT2D eigenvalue weighted by molar-refractivity contribution is 7.91. The van der Waals surface area contributed by atoms with Crippen LogP contribution in [-0.2, 0) is 31.4 Å². The van der Waals surface area contributed by atoms with Crippen molar-refractivity contribution in [2.45, 2.75) is 68.8 Å². The molecule has 0 spiro atoms. The van der Waals surface area contributed by atoms with Crippen LogP contribution in [0.3, 0.4) is 0 Å². The van der Waals surface area contributed by atoms with E-state index in [2.05, 4.69) is 14.4 Å². The summed E-state index contributed by atoms with van der Waals surface area (Å²) in [4.78, 5) is 15.8. The number of amides is 1. The first-order chi connectivity index (χ1) is 17.5. The average molecular weight is 569 g/mol. The number of carbonyl (C=O) groups is 1. The summed E-state index contributed by atoms with van der Waals surface area (Å²) in [5.41, 5.74) is 0.240. The quantitative estimate of drug-likeness (QED) is 0.478. The highest BCUT2D eigenvalue weighted by Gasteiger charge is 2.57. The smallest absolute Gasteiger partial charge is 0.287 e. The molecule has 37 heavy (non-hydrogen) atoms. The Balaban J connectivity index is 1.36. The van der Waals surface area contributed by atoms with Gasteiger partial charge in [-0.25, -0.2) is 13.1 Å². The molecule has 3 fully saturated rings. The van der Waals surface area contributed by atoms with Gasteiger partial charge < -0.3 is 15.3 Å². The number of anilines is 1. The number of sulfonamides is 2. The minimum absolute atomic E-state index is 0.0382. The molecule has 1 aromatic rings. The number of nitrogens with one attached hydrogen (secondary N) is 2. The Kier molecular flexibility index (Phi) is 6.20. The van der Waals surface area contributed by atoms with Crippen molar-refractivity contribution < 1.29 is 26.7 Å². The van der Waals surface area contributed by atoms with Crippen molar-refractivity contribution in [1.82, 2.24) is 9.62 Å². The zero-order chi connectivity index (χ0) is 26.1. The van der Waals surface area contributed by atoms with E-state index in [9.17, 15) is 26.7 Å². The average Bonchev–Trinajstić information content (AvgIpc) is 3.55. The molecule has 2 bridgehead atoms. The topological polar surface area (TPSA) is 145 Å². The number of rotatable bonds is 6. The van der Waals surface area contributed by atoms with Gasteiger partial charge in [0.2, 0.25) is 10.0 Å². The van der Waals surface area contributed by atoms with Gasteiger partial charge in [-0.05, 0) is 55.2 Å². The molecule has 13 heteroatoms. The third-order valence-electron chi connectivity index (χ3n) is 8.74. The molecule has 6 rings (SSSR count). The molecule has 1 aromatic heterocycles. The maximum absolute atomic E-state index is 14.0. The summed E-state index contributed by atoms with van der Waals surface area (Å²) in [7, 11) is -7.76. The Morgan fingerprint density at radius 1 is 1.19 bits per heavy atom. The van der Waals surface area contributed by atoms with Crippen molar-refractivity contribution in [3.63, 3.8) is 0 Å². The normalized spacial score (nSPS) is 31.2. The molecular weight excluding hydrogens is 536 g/mol. The first-order valence-corrected chi connectivity index (χ1v) is 17.2. The second-order valence-electron chi connectivity index (χ2n) is 11.1. The van der Waals surface area contributed by atoms with Gasteiger partial charge in [0.05, 0.1) is 6.26 Å². The molecule has 3 heterocycles. The third-order valence-corrected chi connectivity index (χ3v) is 11.9. The molecule has 0 saturated heterocycles. The van der Waals surface area contributed by atoms with E-state index in [4.69, 9.17) is 0 Å². The number of aliphatic hydroxyl groups excluding tert-OH is 1. The molecule has 2 aliphatic heterocycles. The summed E-state index contributed by atoms with van der Waals surface area (Å²) in [5.74, 6) is 0.331. The minimum Gasteiger partial charge on any atom is -0.511 e. The summed E-state index contributed by atoms with van der Waals surface area (Å²) in [6.07, 6.45) is 9.73. The largest absolute Gasteiger partial charge is 0.511 e. The second-order valence-corrected chi connectivity index (χ2v) is 15.4. The Hall–Kier alpha value is -1.96. The van der Waals surface area contributed by atoms with Gasteiger partial charge in [0.1, 0.15) is 21.2 Å². The van der Waals surface area contributed by atoms with Crippen molar-refractivity contribution in [2.75, 3.05) is 18.1 Å². The lowest BCUT2D eigenvalue weighted by atomic mass is 9.77. The lowest BCUT2D eigenvalue weighted by Gasteiger charge is -2.45. The molecule has 3 N–H and O–H groups in total. The first-order valence-electron chi connectivity index (χ1n) is 12.9. The van der Waals surface area contributed by atoms with E-state index in [-0.39, 0.29) is 63.0 Å². The number of aliphatic hydroxyl groups is 1. The lowest BCUT2D eigenvalue weighted by Crippen LogP contribution is -2.55. The van der Waals surface area contributed by atoms with Crippen LogP contribution in [0.15, 0.2) is 26.0 Å². The minimum atomic E-state index is -4.23. The fraction of sp³-hybridized carbons (Fsp3) is 0.667. The summed E-state index contributed by atoms with van der Waals surface area (Å²) < 4.78 is 55.9. The molecule has 0 aromatic carbocycles. The molecule has 0 radical (unpaired) electrons. The molecule has 10 nitrogen and oxygen atoms in total. The van der Waals surface area contributed by atoms with Crippen LogP contribution in [-0.4, -0.2) is 57.4 Å². The fourth-order valence-electron chi connectivity index (χ4n) is 7.21. The number of thiophene rings is 1. The number of hydrogen-bond acceptors (Lipinski definition) is 8. The van der Waals surface area contributed by atoms with Gasteiger partial charge in [0.25, 0.3) is 15.9 Å². The molecule has 3 saturated carbocycles. The van der Waals surface area contributed by atoms with Crippen LogP contribution in [0.25, 0.3) is 0 Å². The van der Waals surface area contributed by atoms with Crippen molar-refractivity contribution in [3.8, 4) is 0 Å². The third kappa shape index (κ3) is 4.41. The van der Waals surface area contributed by atoms with Gasteiger partial charge in [0.15, 0.2) is 5.84 Å². The maximum atomic E-state index is 14.0. The summed E-state index contributed by atoms with van der Waals surface area (Å²) in [5, 5.41) is 16.3. The highest BCUT2D eigenvalue weighted by atomic mass is 32.2. The predicted octanol–water partition coefficient (Wildman–Crippen LogP) is 2.96. The van der Waals surface area contributed by atoms with Gasteiger partial charge in [0, 0.05) is 30.6 Å². The number of amidine groups is 1. The second kappa shape index (κ2) is 9.06. The van der Waals surface area contributed by atoms with Crippen molar-refractivity contribution in [1.29, 1.82) is 0 Å². The standard InChI is InChI=1S/C24H32N4O6S3/c1-36(31,32)25-10-16-12-35-23-21(16)37(33,34)27-22(26-23)18-20(29)17-14-7-8-15(9-14)19(17)28(24(18)30)11-13-5-3-2-4-6-13/h12-15,17,19,25,29H,2-11H2,1H3,(H,26,27)/t14-,15+,17-,19+/m1/s1. The van der Waals surface area contributed by atoms with E-state index in [0.717, 1.165) is 62.5 Å². The first kappa shape index (κ1) is 25.3. The molecule has 202 valence electrons. The Bertz CT molecular complexity index is 1410. The maximum Gasteiger partial charge on any atom is 0.287 e. The van der Waals surface area contributed by atoms with Crippen LogP contribution in [0.2, 0.25) is 0 Å². The van der Waals surface area contributed by atoms with Crippen LogP contribution >= 0.6 is 11.3 Å². The number of fused-ring (bicyclic) bond motifs is 6. The van der Waals surface area contributed by atoms with Crippen molar-refractivity contribution >= 4 is 48.1 Å². The van der Waals surface area contributed by atoms with Crippen LogP contribution in [0.5, 0.6) is 0 Å². The SMILES string of the molecule is CS(=O)(=O)NCc1csc2c1S(=O)(=O)N=C(C1=C(O)[C@@H]3[C@@H]4CC[C@@H](C4)[C@@H]3N(CC3CCCCC3)C1=O)N2. The summed E-state index contributed by atoms with van der Waals surface area (Å²) in [6, 6.07) is -0.0382. The van der Waals surface area contributed by atoms with Crippen molar-refractivity contribution in [3.05, 3.63) is 22.3 Å². The highest BCUT2D eigenvalue weighted by Crippen LogP contribution is 2.55. The number of carbonyl (C=O) groups excluding carboxylic acids is 1. The molecule has 5 aliphatic rings. The van der Waals surface area contributed by atoms with E-state index in [1.165, 1.54) is 6.42 Å². The predicted molar refractivity (Wildman–Crippen MR) is 140 cm³/mol. The molecule has 1 amide bonds. The number of hydrogen-bond donors (Lipinski definition) is 3. The van der Waals surface area contributed by atoms with Gasteiger partial charge in [-0.1, -0.05) is 19.3 Å². The molecule has 4 atom stereocenters. The van der Waals surface area contributed by atoms with Crippen LogP contribution < -0.4 is 10.0 Å². The zero-order valence-corrected chi connectivity index (χ0v) is 23.1. The molecular formula is C24H32N4O6S3. The molecule has 3 aliphatic carbocycles. The van der Waals surface area contributed by atoms with Gasteiger partial charge in [-0.2, -0.15) is 8.42 Å². The summed E-state index contributed by atoms with van der Waals surface area (Å²) >= 11 is 1.10.